The fourth-order valence-corrected chi connectivity index (χ4v) is 6.11. The Bertz CT molecular complexity index is 956. The summed E-state index contributed by atoms with van der Waals surface area (Å²) in [5.41, 5.74) is 1.10. The summed E-state index contributed by atoms with van der Waals surface area (Å²) in [5, 5.41) is 14.9. The van der Waals surface area contributed by atoms with Crippen LogP contribution in [0.25, 0.3) is 0 Å². The van der Waals surface area contributed by atoms with Crippen LogP contribution in [0.15, 0.2) is 34.7 Å². The van der Waals surface area contributed by atoms with Gasteiger partial charge >= 0.3 is 0 Å². The number of benzene rings is 1. The average molecular weight is 404 g/mol. The quantitative estimate of drug-likeness (QED) is 0.770. The minimum absolute atomic E-state index is 0.0349. The van der Waals surface area contributed by atoms with E-state index in [0.29, 0.717) is 0 Å². The Balaban J connectivity index is 1.52. The van der Waals surface area contributed by atoms with Gasteiger partial charge in [0.15, 0.2) is 5.13 Å². The minimum Gasteiger partial charge on any atom is -0.383 e. The number of nitriles is 1. The predicted octanol–water partition coefficient (Wildman–Crippen LogP) is 2.86. The monoisotopic (exact) mass is 403 g/mol. The third-order valence-corrected chi connectivity index (χ3v) is 7.69. The highest BCUT2D eigenvalue weighted by molar-refractivity contribution is 7.93. The van der Waals surface area contributed by atoms with Gasteiger partial charge < -0.3 is 5.32 Å². The lowest BCUT2D eigenvalue weighted by atomic mass is 9.94. The summed E-state index contributed by atoms with van der Waals surface area (Å²) in [6.45, 7) is 3.14. The fourth-order valence-electron chi connectivity index (χ4n) is 4.19. The van der Waals surface area contributed by atoms with Gasteiger partial charge in [-0.25, -0.2) is 13.4 Å². The Morgan fingerprint density at radius 3 is 2.74 bits per heavy atom. The predicted molar refractivity (Wildman–Crippen MR) is 105 cm³/mol. The molecule has 9 heteroatoms. The average Bonchev–Trinajstić information content (AvgIpc) is 3.36. The third kappa shape index (κ3) is 3.52. The van der Waals surface area contributed by atoms with Gasteiger partial charge in [0.05, 0.1) is 5.56 Å². The smallest absolute Gasteiger partial charge is 0.264 e. The number of anilines is 2. The molecule has 2 saturated heterocycles. The summed E-state index contributed by atoms with van der Waals surface area (Å²) in [6, 6.07) is 6.83. The molecule has 1 aromatic heterocycles. The van der Waals surface area contributed by atoms with Gasteiger partial charge in [0.1, 0.15) is 11.0 Å². The Morgan fingerprint density at radius 2 is 2.07 bits per heavy atom. The van der Waals surface area contributed by atoms with Crippen LogP contribution in [0, 0.1) is 11.3 Å². The van der Waals surface area contributed by atoms with Crippen molar-refractivity contribution in [1.82, 2.24) is 9.88 Å². The maximum atomic E-state index is 12.6. The van der Waals surface area contributed by atoms with E-state index < -0.39 is 10.0 Å². The van der Waals surface area contributed by atoms with E-state index >= 15 is 0 Å². The summed E-state index contributed by atoms with van der Waals surface area (Å²) in [5.74, 6) is 0. The van der Waals surface area contributed by atoms with Crippen molar-refractivity contribution in [3.05, 3.63) is 35.3 Å². The van der Waals surface area contributed by atoms with E-state index in [4.69, 9.17) is 0 Å². The number of rotatable bonds is 6. The lowest BCUT2D eigenvalue weighted by Crippen LogP contribution is -2.44. The van der Waals surface area contributed by atoms with Crippen molar-refractivity contribution < 1.29 is 8.42 Å². The van der Waals surface area contributed by atoms with Gasteiger partial charge in [0.25, 0.3) is 10.0 Å². The van der Waals surface area contributed by atoms with Crippen molar-refractivity contribution in [3.63, 3.8) is 0 Å². The molecule has 142 valence electrons. The molecule has 0 saturated carbocycles. The molecule has 0 unspecified atom stereocenters. The van der Waals surface area contributed by atoms with Gasteiger partial charge in [-0.05, 0) is 57.0 Å². The van der Waals surface area contributed by atoms with Crippen LogP contribution in [0.2, 0.25) is 0 Å². The highest BCUT2D eigenvalue weighted by Crippen LogP contribution is 2.39. The number of hydrogen-bond acceptors (Lipinski definition) is 7. The van der Waals surface area contributed by atoms with Crippen molar-refractivity contribution >= 4 is 32.2 Å². The standard InChI is InChI=1S/C18H21N5O2S2/c19-12-14-11-15(21-13-18-5-1-8-23(18)9-2-6-18)3-4-16(14)27(24,25)22-17-20-7-10-26-17/h3-4,7,10-11,21H,1-2,5-6,8-9,13H2,(H,20,22). The van der Waals surface area contributed by atoms with Crippen molar-refractivity contribution in [2.45, 2.75) is 36.1 Å². The van der Waals surface area contributed by atoms with Crippen LogP contribution in [-0.2, 0) is 10.0 Å². The normalized spacial score (nSPS) is 18.8. The van der Waals surface area contributed by atoms with Crippen molar-refractivity contribution in [2.75, 3.05) is 29.7 Å². The van der Waals surface area contributed by atoms with Crippen LogP contribution in [0.1, 0.15) is 31.2 Å². The highest BCUT2D eigenvalue weighted by atomic mass is 32.2. The summed E-state index contributed by atoms with van der Waals surface area (Å²) in [4.78, 5) is 6.45. The Hall–Kier alpha value is -2.15. The van der Waals surface area contributed by atoms with Crippen LogP contribution in [-0.4, -0.2) is 43.5 Å². The van der Waals surface area contributed by atoms with Crippen LogP contribution < -0.4 is 10.0 Å². The van der Waals surface area contributed by atoms with E-state index in [1.165, 1.54) is 49.3 Å². The lowest BCUT2D eigenvalue weighted by Gasteiger charge is -2.32. The van der Waals surface area contributed by atoms with Crippen molar-refractivity contribution in [1.29, 1.82) is 5.26 Å². The molecule has 0 spiro atoms. The van der Waals surface area contributed by atoms with E-state index in [1.807, 2.05) is 6.07 Å². The van der Waals surface area contributed by atoms with Gasteiger partial charge in [-0.3, -0.25) is 9.62 Å². The second-order valence-electron chi connectivity index (χ2n) is 7.04. The first-order valence-corrected chi connectivity index (χ1v) is 11.3. The van der Waals surface area contributed by atoms with E-state index in [2.05, 4.69) is 19.9 Å². The molecule has 0 radical (unpaired) electrons. The lowest BCUT2D eigenvalue weighted by molar-refractivity contribution is 0.209. The van der Waals surface area contributed by atoms with Crippen LogP contribution in [0.4, 0.5) is 10.8 Å². The van der Waals surface area contributed by atoms with Gasteiger partial charge in [-0.15, -0.1) is 11.3 Å². The maximum absolute atomic E-state index is 12.6. The topological polar surface area (TPSA) is 98.1 Å². The van der Waals surface area contributed by atoms with E-state index in [0.717, 1.165) is 25.3 Å². The zero-order valence-corrected chi connectivity index (χ0v) is 16.4. The first-order chi connectivity index (χ1) is 13.0. The summed E-state index contributed by atoms with van der Waals surface area (Å²) < 4.78 is 27.6. The number of sulfonamides is 1. The van der Waals surface area contributed by atoms with E-state index in [9.17, 15) is 13.7 Å². The number of hydrogen-bond donors (Lipinski definition) is 2. The molecule has 2 fully saturated rings. The van der Waals surface area contributed by atoms with Crippen LogP contribution in [0.5, 0.6) is 0 Å². The summed E-state index contributed by atoms with van der Waals surface area (Å²) >= 11 is 1.19. The number of nitrogens with one attached hydrogen (secondary N) is 2. The molecule has 2 aliphatic heterocycles. The third-order valence-electron chi connectivity index (χ3n) is 5.48. The summed E-state index contributed by atoms with van der Waals surface area (Å²) in [6.07, 6.45) is 6.36. The van der Waals surface area contributed by atoms with Gasteiger partial charge in [-0.2, -0.15) is 5.26 Å². The molecule has 0 bridgehead atoms. The first kappa shape index (κ1) is 18.2. The molecule has 0 aliphatic carbocycles. The largest absolute Gasteiger partial charge is 0.383 e. The van der Waals surface area contributed by atoms with E-state index in [-0.39, 0.29) is 21.1 Å². The number of nitrogens with zero attached hydrogens (tertiary/aromatic N) is 3. The number of thiazole rings is 1. The Kier molecular flexibility index (Phi) is 4.80. The second-order valence-corrected chi connectivity index (χ2v) is 9.58. The summed E-state index contributed by atoms with van der Waals surface area (Å²) in [7, 11) is -3.85. The van der Waals surface area contributed by atoms with Crippen molar-refractivity contribution in [2.24, 2.45) is 0 Å². The molecule has 27 heavy (non-hydrogen) atoms. The maximum Gasteiger partial charge on any atom is 0.264 e. The molecule has 1 aromatic carbocycles. The number of aromatic nitrogens is 1. The van der Waals surface area contributed by atoms with Crippen molar-refractivity contribution in [3.8, 4) is 6.07 Å². The molecular weight excluding hydrogens is 382 g/mol. The minimum atomic E-state index is -3.85. The highest BCUT2D eigenvalue weighted by Gasteiger charge is 2.43. The molecule has 0 amide bonds. The molecular formula is C18H21N5O2S2. The van der Waals surface area contributed by atoms with Gasteiger partial charge in [0, 0.05) is 29.3 Å². The molecule has 7 nitrogen and oxygen atoms in total. The molecule has 3 heterocycles. The molecule has 0 atom stereocenters. The zero-order valence-electron chi connectivity index (χ0n) is 14.8. The first-order valence-electron chi connectivity index (χ1n) is 8.98. The molecule has 2 aromatic rings. The Labute approximate surface area is 163 Å². The fraction of sp³-hybridized carbons (Fsp3) is 0.444. The Morgan fingerprint density at radius 1 is 1.30 bits per heavy atom. The molecule has 2 N–H and O–H groups in total. The van der Waals surface area contributed by atoms with Crippen LogP contribution >= 0.6 is 11.3 Å². The molecule has 2 aliphatic rings. The molecule has 4 rings (SSSR count). The zero-order chi connectivity index (χ0) is 18.9. The van der Waals surface area contributed by atoms with Gasteiger partial charge in [0.2, 0.25) is 0 Å². The van der Waals surface area contributed by atoms with Gasteiger partial charge in [-0.1, -0.05) is 0 Å². The number of fused-ring (bicyclic) bond motifs is 1. The van der Waals surface area contributed by atoms with Crippen LogP contribution in [0.3, 0.4) is 0 Å². The van der Waals surface area contributed by atoms with E-state index in [1.54, 1.807) is 17.5 Å². The second kappa shape index (κ2) is 7.11. The SMILES string of the molecule is N#Cc1cc(NCC23CCCN2CCC3)ccc1S(=O)(=O)Nc1nccs1.